The van der Waals surface area contributed by atoms with Crippen LogP contribution in [0.3, 0.4) is 0 Å². The van der Waals surface area contributed by atoms with Crippen molar-refractivity contribution in [2.75, 3.05) is 0 Å². The molecule has 0 radical (unpaired) electrons. The minimum absolute atomic E-state index is 0.125. The van der Waals surface area contributed by atoms with Gasteiger partial charge in [-0.3, -0.25) is 4.79 Å². The summed E-state index contributed by atoms with van der Waals surface area (Å²) in [5.41, 5.74) is 0.914. The normalized spacial score (nSPS) is 12.0. The number of hydrogen-bond acceptors (Lipinski definition) is 1. The van der Waals surface area contributed by atoms with E-state index >= 15 is 0 Å². The molecule has 4 heteroatoms. The number of aryl methyl sites for hydroxylation is 1. The molecule has 2 nitrogen and oxygen atoms in total. The Morgan fingerprint density at radius 3 is 2.57 bits per heavy atom. The molecule has 0 bridgehead atoms. The zero-order valence-electron chi connectivity index (χ0n) is 11.8. The van der Waals surface area contributed by atoms with Gasteiger partial charge in [0.25, 0.3) is 5.91 Å². The molecule has 0 aliphatic rings. The molecule has 21 heavy (non-hydrogen) atoms. The molecule has 1 N–H and O–H groups in total. The zero-order chi connectivity index (χ0) is 15.2. The number of halogens is 2. The van der Waals surface area contributed by atoms with E-state index in [1.807, 2.05) is 37.3 Å². The van der Waals surface area contributed by atoms with Crippen LogP contribution >= 0.6 is 0 Å². The molecule has 0 aliphatic carbocycles. The number of carbonyl (C=O) groups excluding carboxylic acids is 1. The van der Waals surface area contributed by atoms with E-state index in [-0.39, 0.29) is 11.6 Å². The summed E-state index contributed by atoms with van der Waals surface area (Å²) >= 11 is 0. The van der Waals surface area contributed by atoms with Crippen molar-refractivity contribution < 1.29 is 13.6 Å². The van der Waals surface area contributed by atoms with E-state index in [0.717, 1.165) is 31.0 Å². The second-order valence-electron chi connectivity index (χ2n) is 5.02. The van der Waals surface area contributed by atoms with Crippen LogP contribution < -0.4 is 5.32 Å². The van der Waals surface area contributed by atoms with Crippen molar-refractivity contribution >= 4 is 5.91 Å². The van der Waals surface area contributed by atoms with Gasteiger partial charge in [0.1, 0.15) is 11.6 Å². The monoisotopic (exact) mass is 289 g/mol. The molecule has 0 aromatic heterocycles. The van der Waals surface area contributed by atoms with Crippen LogP contribution in [0, 0.1) is 11.6 Å². The SMILES string of the molecule is C[C@@H](CCc1ccccc1)NC(=O)c1cc(F)ccc1F. The van der Waals surface area contributed by atoms with Crippen LogP contribution in [0.4, 0.5) is 8.78 Å². The molecule has 0 heterocycles. The van der Waals surface area contributed by atoms with Gasteiger partial charge in [-0.05, 0) is 43.5 Å². The van der Waals surface area contributed by atoms with Gasteiger partial charge in [0.2, 0.25) is 0 Å². The Labute approximate surface area is 122 Å². The van der Waals surface area contributed by atoms with Gasteiger partial charge in [0.05, 0.1) is 5.56 Å². The highest BCUT2D eigenvalue weighted by Gasteiger charge is 2.15. The summed E-state index contributed by atoms with van der Waals surface area (Å²) in [6.45, 7) is 1.85. The maximum Gasteiger partial charge on any atom is 0.254 e. The minimum Gasteiger partial charge on any atom is -0.349 e. The minimum atomic E-state index is -0.718. The summed E-state index contributed by atoms with van der Waals surface area (Å²) in [7, 11) is 0. The van der Waals surface area contributed by atoms with Gasteiger partial charge in [-0.15, -0.1) is 0 Å². The number of carbonyl (C=O) groups is 1. The van der Waals surface area contributed by atoms with Crippen molar-refractivity contribution in [3.63, 3.8) is 0 Å². The number of rotatable bonds is 5. The smallest absolute Gasteiger partial charge is 0.254 e. The lowest BCUT2D eigenvalue weighted by Crippen LogP contribution is -2.33. The van der Waals surface area contributed by atoms with Crippen LogP contribution in [0.5, 0.6) is 0 Å². The number of nitrogens with one attached hydrogen (secondary N) is 1. The van der Waals surface area contributed by atoms with Gasteiger partial charge in [0, 0.05) is 6.04 Å². The molecule has 2 rings (SSSR count). The van der Waals surface area contributed by atoms with Crippen molar-refractivity contribution in [1.82, 2.24) is 5.32 Å². The highest BCUT2D eigenvalue weighted by Crippen LogP contribution is 2.11. The molecule has 2 aromatic carbocycles. The number of benzene rings is 2. The molecule has 0 unspecified atom stereocenters. The van der Waals surface area contributed by atoms with E-state index in [2.05, 4.69) is 5.32 Å². The molecule has 110 valence electrons. The molecule has 1 atom stereocenters. The fourth-order valence-corrected chi connectivity index (χ4v) is 2.07. The van der Waals surface area contributed by atoms with E-state index in [0.29, 0.717) is 0 Å². The summed E-state index contributed by atoms with van der Waals surface area (Å²) in [4.78, 5) is 11.9. The van der Waals surface area contributed by atoms with Gasteiger partial charge < -0.3 is 5.32 Å². The van der Waals surface area contributed by atoms with Gasteiger partial charge in [-0.25, -0.2) is 8.78 Å². The molecule has 0 fully saturated rings. The molecule has 0 aliphatic heterocycles. The molecule has 0 saturated heterocycles. The van der Waals surface area contributed by atoms with Gasteiger partial charge in [0.15, 0.2) is 0 Å². The second-order valence-corrected chi connectivity index (χ2v) is 5.02. The maximum absolute atomic E-state index is 13.5. The Hall–Kier alpha value is -2.23. The Bertz CT molecular complexity index is 613. The highest BCUT2D eigenvalue weighted by atomic mass is 19.1. The predicted octanol–water partition coefficient (Wildman–Crippen LogP) is 3.72. The van der Waals surface area contributed by atoms with E-state index in [1.165, 1.54) is 5.56 Å². The van der Waals surface area contributed by atoms with E-state index in [9.17, 15) is 13.6 Å². The Kier molecular flexibility index (Phi) is 5.04. The summed E-state index contributed by atoms with van der Waals surface area (Å²) in [5, 5.41) is 2.69. The quantitative estimate of drug-likeness (QED) is 0.893. The Balaban J connectivity index is 1.91. The van der Waals surface area contributed by atoms with Crippen LogP contribution in [0.25, 0.3) is 0 Å². The van der Waals surface area contributed by atoms with Crippen LogP contribution in [0.2, 0.25) is 0 Å². The maximum atomic E-state index is 13.5. The van der Waals surface area contributed by atoms with Crippen molar-refractivity contribution in [3.05, 3.63) is 71.3 Å². The summed E-state index contributed by atoms with van der Waals surface area (Å²) in [6.07, 6.45) is 1.54. The number of amides is 1. The summed E-state index contributed by atoms with van der Waals surface area (Å²) < 4.78 is 26.6. The van der Waals surface area contributed by atoms with Gasteiger partial charge in [-0.1, -0.05) is 30.3 Å². The Morgan fingerprint density at radius 2 is 1.86 bits per heavy atom. The fourth-order valence-electron chi connectivity index (χ4n) is 2.07. The van der Waals surface area contributed by atoms with Gasteiger partial charge >= 0.3 is 0 Å². The first-order chi connectivity index (χ1) is 10.1. The van der Waals surface area contributed by atoms with Gasteiger partial charge in [-0.2, -0.15) is 0 Å². The predicted molar refractivity (Wildman–Crippen MR) is 78.0 cm³/mol. The van der Waals surface area contributed by atoms with E-state index in [4.69, 9.17) is 0 Å². The topological polar surface area (TPSA) is 29.1 Å². The van der Waals surface area contributed by atoms with Crippen molar-refractivity contribution in [3.8, 4) is 0 Å². The third kappa shape index (κ3) is 4.38. The molecule has 0 saturated carbocycles. The lowest BCUT2D eigenvalue weighted by atomic mass is 10.1. The first-order valence-electron chi connectivity index (χ1n) is 6.86. The lowest BCUT2D eigenvalue weighted by Gasteiger charge is -2.14. The van der Waals surface area contributed by atoms with Crippen molar-refractivity contribution in [2.45, 2.75) is 25.8 Å². The molecular formula is C17H17F2NO. The molecule has 1 amide bonds. The first-order valence-corrected chi connectivity index (χ1v) is 6.86. The fraction of sp³-hybridized carbons (Fsp3) is 0.235. The third-order valence-electron chi connectivity index (χ3n) is 3.26. The molecular weight excluding hydrogens is 272 g/mol. The average molecular weight is 289 g/mol. The number of hydrogen-bond donors (Lipinski definition) is 1. The zero-order valence-corrected chi connectivity index (χ0v) is 11.8. The highest BCUT2D eigenvalue weighted by molar-refractivity contribution is 5.94. The summed E-state index contributed by atoms with van der Waals surface area (Å²) in [5.74, 6) is -1.93. The van der Waals surface area contributed by atoms with Crippen LogP contribution in [-0.4, -0.2) is 11.9 Å². The van der Waals surface area contributed by atoms with Crippen LogP contribution in [0.15, 0.2) is 48.5 Å². The molecule has 2 aromatic rings. The first kappa shape index (κ1) is 15.2. The average Bonchev–Trinajstić information content (AvgIpc) is 2.48. The molecule has 0 spiro atoms. The van der Waals surface area contributed by atoms with Crippen LogP contribution in [0.1, 0.15) is 29.3 Å². The second kappa shape index (κ2) is 6.97. The Morgan fingerprint density at radius 1 is 1.14 bits per heavy atom. The largest absolute Gasteiger partial charge is 0.349 e. The van der Waals surface area contributed by atoms with E-state index in [1.54, 1.807) is 0 Å². The van der Waals surface area contributed by atoms with E-state index < -0.39 is 17.5 Å². The van der Waals surface area contributed by atoms with Crippen molar-refractivity contribution in [2.24, 2.45) is 0 Å². The third-order valence-corrected chi connectivity index (χ3v) is 3.26. The van der Waals surface area contributed by atoms with Crippen molar-refractivity contribution in [1.29, 1.82) is 0 Å². The lowest BCUT2D eigenvalue weighted by molar-refractivity contribution is 0.0934. The van der Waals surface area contributed by atoms with Crippen LogP contribution in [-0.2, 0) is 6.42 Å². The standard InChI is InChI=1S/C17H17F2NO/c1-12(7-8-13-5-3-2-4-6-13)20-17(21)15-11-14(18)9-10-16(15)19/h2-6,9-12H,7-8H2,1H3,(H,20,21)/t12-/m0/s1. The summed E-state index contributed by atoms with van der Waals surface area (Å²) in [6, 6.07) is 12.6.